The monoisotopic (exact) mass is 777 g/mol. The topological polar surface area (TPSA) is 16.4 Å². The van der Waals surface area contributed by atoms with Crippen molar-refractivity contribution in [2.24, 2.45) is 0 Å². The molecular weight excluding hydrogens is 734 g/mol. The van der Waals surface area contributed by atoms with Crippen molar-refractivity contribution < 1.29 is 4.42 Å². The van der Waals surface area contributed by atoms with Gasteiger partial charge < -0.3 is 9.32 Å². The molecule has 1 aliphatic rings. The minimum atomic E-state index is -0.150. The number of nitrogens with zero attached hydrogens (tertiary/aromatic N) is 1. The van der Waals surface area contributed by atoms with E-state index in [0.29, 0.717) is 0 Å². The molecule has 0 N–H and O–H groups in total. The standard InChI is InChI=1S/C55H43B4NO/c1-55(2)43-20-10-8-17-38(43)39-30-28-36(31-44(39)55)60(53-51(58)49(56)47(50(57)52(53)59)35-25-23-33(24-26-35)32-13-4-3-5-14-32)45-21-11-9-18-40(45)41-19-12-22-46-48(41)42-29-27-34-15-6-7-16-37(34)54(42)61-46/h3-31H,56-59H2,1-2H3. The Bertz CT molecular complexity index is 3360. The molecule has 11 rings (SSSR count). The Hall–Kier alpha value is -6.90. The van der Waals surface area contributed by atoms with E-state index in [9.17, 15) is 0 Å². The molecule has 0 atom stereocenters. The Morgan fingerprint density at radius 1 is 0.459 bits per heavy atom. The fourth-order valence-corrected chi connectivity index (χ4v) is 10.4. The van der Waals surface area contributed by atoms with Gasteiger partial charge in [0.1, 0.15) is 42.6 Å². The zero-order chi connectivity index (χ0) is 41.6. The lowest BCUT2D eigenvalue weighted by Gasteiger charge is -2.34. The maximum atomic E-state index is 6.75. The summed E-state index contributed by atoms with van der Waals surface area (Å²) in [5, 5.41) is 4.57. The maximum absolute atomic E-state index is 6.75. The van der Waals surface area contributed by atoms with Crippen LogP contribution in [-0.2, 0) is 5.41 Å². The fraction of sp³-hybridized carbons (Fsp3) is 0.0545. The number of rotatable bonds is 6. The van der Waals surface area contributed by atoms with Gasteiger partial charge in [-0.3, -0.25) is 0 Å². The Morgan fingerprint density at radius 3 is 1.87 bits per heavy atom. The molecule has 286 valence electrons. The summed E-state index contributed by atoms with van der Waals surface area (Å²) in [6, 6.07) is 64.3. The van der Waals surface area contributed by atoms with Crippen LogP contribution in [0.2, 0.25) is 0 Å². The first-order valence-electron chi connectivity index (χ1n) is 21.4. The van der Waals surface area contributed by atoms with Crippen LogP contribution in [-0.4, -0.2) is 31.4 Å². The van der Waals surface area contributed by atoms with E-state index in [-0.39, 0.29) is 5.41 Å². The molecule has 0 saturated carbocycles. The summed E-state index contributed by atoms with van der Waals surface area (Å²) in [5.41, 5.74) is 22.9. The smallest absolute Gasteiger partial charge is 0.143 e. The summed E-state index contributed by atoms with van der Waals surface area (Å²) in [5.74, 6) is 0. The van der Waals surface area contributed by atoms with Crippen molar-refractivity contribution in [2.45, 2.75) is 19.3 Å². The molecule has 9 aromatic carbocycles. The first kappa shape index (κ1) is 37.1. The summed E-state index contributed by atoms with van der Waals surface area (Å²) in [6.45, 7) is 4.74. The molecule has 1 heterocycles. The van der Waals surface area contributed by atoms with E-state index in [0.717, 1.165) is 49.8 Å². The van der Waals surface area contributed by atoms with Gasteiger partial charge in [0.15, 0.2) is 0 Å². The zero-order valence-corrected chi connectivity index (χ0v) is 35.6. The van der Waals surface area contributed by atoms with Crippen LogP contribution >= 0.6 is 0 Å². The number of furan rings is 1. The number of hydrogen-bond acceptors (Lipinski definition) is 2. The number of fused-ring (bicyclic) bond motifs is 8. The van der Waals surface area contributed by atoms with Gasteiger partial charge in [0, 0.05) is 38.5 Å². The predicted molar refractivity (Wildman–Crippen MR) is 272 cm³/mol. The van der Waals surface area contributed by atoms with Crippen molar-refractivity contribution in [3.05, 3.63) is 187 Å². The number of hydrogen-bond donors (Lipinski definition) is 0. The lowest BCUT2D eigenvalue weighted by Crippen LogP contribution is -2.46. The Balaban J connectivity index is 1.15. The quantitative estimate of drug-likeness (QED) is 0.158. The Kier molecular flexibility index (Phi) is 8.58. The molecule has 0 amide bonds. The molecule has 0 saturated heterocycles. The first-order chi connectivity index (χ1) is 29.7. The van der Waals surface area contributed by atoms with Gasteiger partial charge in [-0.05, 0) is 85.8 Å². The number of para-hydroxylation sites is 1. The van der Waals surface area contributed by atoms with E-state index >= 15 is 0 Å². The highest BCUT2D eigenvalue weighted by molar-refractivity contribution is 6.63. The normalized spacial score (nSPS) is 12.8. The third-order valence-corrected chi connectivity index (χ3v) is 13.7. The van der Waals surface area contributed by atoms with Crippen LogP contribution in [0.1, 0.15) is 25.0 Å². The molecule has 0 aliphatic heterocycles. The van der Waals surface area contributed by atoms with Crippen LogP contribution in [0.3, 0.4) is 0 Å². The van der Waals surface area contributed by atoms with Crippen molar-refractivity contribution in [1.29, 1.82) is 0 Å². The second-order valence-corrected chi connectivity index (χ2v) is 17.4. The van der Waals surface area contributed by atoms with Crippen LogP contribution in [0.15, 0.2) is 180 Å². The van der Waals surface area contributed by atoms with Gasteiger partial charge in [0.25, 0.3) is 0 Å². The highest BCUT2D eigenvalue weighted by Gasteiger charge is 2.36. The molecule has 2 nitrogen and oxygen atoms in total. The molecule has 1 aromatic heterocycles. The minimum absolute atomic E-state index is 0.150. The van der Waals surface area contributed by atoms with Crippen LogP contribution < -0.4 is 26.8 Å². The zero-order valence-electron chi connectivity index (χ0n) is 35.6. The summed E-state index contributed by atoms with van der Waals surface area (Å²) in [6.07, 6.45) is 0. The molecule has 0 spiro atoms. The van der Waals surface area contributed by atoms with Crippen molar-refractivity contribution in [1.82, 2.24) is 0 Å². The molecule has 0 fully saturated rings. The van der Waals surface area contributed by atoms with Crippen molar-refractivity contribution >= 4 is 103 Å². The molecule has 61 heavy (non-hydrogen) atoms. The van der Waals surface area contributed by atoms with E-state index in [1.165, 1.54) is 77.4 Å². The molecule has 0 radical (unpaired) electrons. The summed E-state index contributed by atoms with van der Waals surface area (Å²) < 4.78 is 6.75. The Morgan fingerprint density at radius 2 is 1.08 bits per heavy atom. The predicted octanol–water partition coefficient (Wildman–Crippen LogP) is 8.55. The van der Waals surface area contributed by atoms with Gasteiger partial charge in [0.05, 0.1) is 5.69 Å². The lowest BCUT2D eigenvalue weighted by molar-refractivity contribution is 0.660. The molecule has 0 unspecified atom stereocenters. The van der Waals surface area contributed by atoms with Gasteiger partial charge in [-0.1, -0.05) is 181 Å². The number of anilines is 3. The third kappa shape index (κ3) is 5.69. The average molecular weight is 777 g/mol. The van der Waals surface area contributed by atoms with Crippen molar-refractivity contribution in [3.8, 4) is 44.5 Å². The van der Waals surface area contributed by atoms with Crippen LogP contribution in [0.5, 0.6) is 0 Å². The lowest BCUT2D eigenvalue weighted by atomic mass is 9.64. The van der Waals surface area contributed by atoms with Gasteiger partial charge in [-0.2, -0.15) is 0 Å². The highest BCUT2D eigenvalue weighted by atomic mass is 16.3. The van der Waals surface area contributed by atoms with E-state index in [4.69, 9.17) is 4.42 Å². The van der Waals surface area contributed by atoms with Crippen LogP contribution in [0.4, 0.5) is 17.1 Å². The minimum Gasteiger partial charge on any atom is -0.455 e. The van der Waals surface area contributed by atoms with E-state index in [1.54, 1.807) is 0 Å². The maximum Gasteiger partial charge on any atom is 0.143 e. The fourth-order valence-electron chi connectivity index (χ4n) is 10.4. The van der Waals surface area contributed by atoms with Crippen molar-refractivity contribution in [3.63, 3.8) is 0 Å². The largest absolute Gasteiger partial charge is 0.455 e. The molecule has 6 heteroatoms. The molecule has 10 aromatic rings. The van der Waals surface area contributed by atoms with E-state index < -0.39 is 0 Å². The van der Waals surface area contributed by atoms with Crippen LogP contribution in [0.25, 0.3) is 77.2 Å². The first-order valence-corrected chi connectivity index (χ1v) is 21.4. The van der Waals surface area contributed by atoms with Gasteiger partial charge in [0.2, 0.25) is 0 Å². The summed E-state index contributed by atoms with van der Waals surface area (Å²) >= 11 is 0. The van der Waals surface area contributed by atoms with Crippen molar-refractivity contribution in [2.75, 3.05) is 4.90 Å². The Labute approximate surface area is 361 Å². The van der Waals surface area contributed by atoms with Gasteiger partial charge in [-0.15, -0.1) is 0 Å². The molecule has 0 bridgehead atoms. The summed E-state index contributed by atoms with van der Waals surface area (Å²) in [4.78, 5) is 2.55. The van der Waals surface area contributed by atoms with Gasteiger partial charge in [-0.25, -0.2) is 0 Å². The second-order valence-electron chi connectivity index (χ2n) is 17.4. The SMILES string of the molecule is Bc1c(B)c(N(c2ccc3c(c2)C(C)(C)c2ccccc2-3)c2ccccc2-c2cccc3oc4c5ccccc5ccc4c23)c(B)c(B)c1-c1ccc(-c2ccccc2)cc1. The highest BCUT2D eigenvalue weighted by Crippen LogP contribution is 2.51. The van der Waals surface area contributed by atoms with E-state index in [1.807, 2.05) is 0 Å². The summed E-state index contributed by atoms with van der Waals surface area (Å²) in [7, 11) is 9.25. The molecule has 1 aliphatic carbocycles. The van der Waals surface area contributed by atoms with Crippen LogP contribution in [0, 0.1) is 0 Å². The third-order valence-electron chi connectivity index (χ3n) is 13.7. The van der Waals surface area contributed by atoms with Gasteiger partial charge >= 0.3 is 0 Å². The second kappa shape index (κ2) is 14.1. The number of benzene rings is 9. The molecular formula is C55H43B4NO. The van der Waals surface area contributed by atoms with E-state index in [2.05, 4.69) is 226 Å². The average Bonchev–Trinajstić information content (AvgIpc) is 3.80.